The second-order valence-electron chi connectivity index (χ2n) is 5.61. The highest BCUT2D eigenvalue weighted by atomic mass is 32.2. The summed E-state index contributed by atoms with van der Waals surface area (Å²) in [6, 6.07) is 1.97. The van der Waals surface area contributed by atoms with Gasteiger partial charge in [-0.05, 0) is 18.4 Å². The van der Waals surface area contributed by atoms with Crippen LogP contribution in [0.5, 0.6) is 0 Å². The fourth-order valence-corrected chi connectivity index (χ4v) is 3.73. The normalized spacial score (nSPS) is 21.4. The average Bonchev–Trinajstić information content (AvgIpc) is 3.01. The van der Waals surface area contributed by atoms with Crippen molar-refractivity contribution in [2.24, 2.45) is 10.9 Å². The molecule has 21 heavy (non-hydrogen) atoms. The van der Waals surface area contributed by atoms with E-state index in [4.69, 9.17) is 0 Å². The Morgan fingerprint density at radius 2 is 2.43 bits per heavy atom. The molecule has 1 aromatic rings. The molecule has 0 saturated carbocycles. The first-order valence-corrected chi connectivity index (χ1v) is 8.82. The van der Waals surface area contributed by atoms with E-state index in [0.717, 1.165) is 37.4 Å². The molecule has 0 aliphatic carbocycles. The number of aromatic nitrogens is 2. The van der Waals surface area contributed by atoms with Gasteiger partial charge in [0.2, 0.25) is 0 Å². The Kier molecular flexibility index (Phi) is 6.42. The van der Waals surface area contributed by atoms with E-state index < -0.39 is 0 Å². The molecule has 1 aliphatic rings. The Hall–Kier alpha value is -1.17. The van der Waals surface area contributed by atoms with Crippen LogP contribution in [0.2, 0.25) is 0 Å². The number of rotatable bonds is 5. The molecule has 2 rings (SSSR count). The van der Waals surface area contributed by atoms with Crippen LogP contribution < -0.4 is 5.32 Å². The molecule has 6 heteroatoms. The third-order valence-electron chi connectivity index (χ3n) is 3.77. The van der Waals surface area contributed by atoms with Crippen molar-refractivity contribution < 1.29 is 0 Å². The Balaban J connectivity index is 1.79. The van der Waals surface area contributed by atoms with Crippen molar-refractivity contribution in [3.05, 3.63) is 18.5 Å². The van der Waals surface area contributed by atoms with E-state index in [-0.39, 0.29) is 0 Å². The monoisotopic (exact) mass is 309 g/mol. The van der Waals surface area contributed by atoms with Crippen LogP contribution in [0.25, 0.3) is 0 Å². The second kappa shape index (κ2) is 8.32. The summed E-state index contributed by atoms with van der Waals surface area (Å²) in [6.07, 6.45) is 5.07. The number of thioether (sulfide) groups is 1. The first-order chi connectivity index (χ1) is 10.2. The van der Waals surface area contributed by atoms with E-state index in [9.17, 15) is 0 Å². The highest BCUT2D eigenvalue weighted by Gasteiger charge is 2.21. The van der Waals surface area contributed by atoms with Gasteiger partial charge in [-0.25, -0.2) is 0 Å². The van der Waals surface area contributed by atoms with Crippen LogP contribution in [0.4, 0.5) is 0 Å². The number of nitrogens with zero attached hydrogens (tertiary/aromatic N) is 4. The molecule has 1 aromatic heterocycles. The SMILES string of the molecule is CCC1CN(C(=NC)NCC(C)Cn2cccn2)CCS1. The fraction of sp³-hybridized carbons (Fsp3) is 0.733. The molecular weight excluding hydrogens is 282 g/mol. The molecule has 1 fully saturated rings. The number of guanidine groups is 1. The van der Waals surface area contributed by atoms with E-state index in [0.29, 0.717) is 5.92 Å². The molecule has 0 radical (unpaired) electrons. The Morgan fingerprint density at radius 3 is 3.10 bits per heavy atom. The number of nitrogens with one attached hydrogen (secondary N) is 1. The number of hydrogen-bond donors (Lipinski definition) is 1. The zero-order valence-electron chi connectivity index (χ0n) is 13.3. The highest BCUT2D eigenvalue weighted by molar-refractivity contribution is 8.00. The third kappa shape index (κ3) is 4.95. The molecule has 2 atom stereocenters. The van der Waals surface area contributed by atoms with Crippen molar-refractivity contribution in [3.8, 4) is 0 Å². The third-order valence-corrected chi connectivity index (χ3v) is 5.14. The quantitative estimate of drug-likeness (QED) is 0.667. The summed E-state index contributed by atoms with van der Waals surface area (Å²) in [4.78, 5) is 6.84. The Bertz CT molecular complexity index is 431. The van der Waals surface area contributed by atoms with E-state index in [2.05, 4.69) is 45.9 Å². The fourth-order valence-electron chi connectivity index (χ4n) is 2.55. The summed E-state index contributed by atoms with van der Waals surface area (Å²) >= 11 is 2.09. The maximum Gasteiger partial charge on any atom is 0.193 e. The molecule has 2 heterocycles. The lowest BCUT2D eigenvalue weighted by molar-refractivity contribution is 0.392. The van der Waals surface area contributed by atoms with E-state index in [1.54, 1.807) is 0 Å². The zero-order chi connectivity index (χ0) is 15.1. The lowest BCUT2D eigenvalue weighted by atomic mass is 10.2. The van der Waals surface area contributed by atoms with E-state index in [1.165, 1.54) is 12.2 Å². The smallest absolute Gasteiger partial charge is 0.193 e. The van der Waals surface area contributed by atoms with Crippen LogP contribution in [-0.2, 0) is 6.54 Å². The minimum atomic E-state index is 0.516. The van der Waals surface area contributed by atoms with Crippen molar-refractivity contribution in [2.75, 3.05) is 32.4 Å². The van der Waals surface area contributed by atoms with Crippen LogP contribution in [0.1, 0.15) is 20.3 Å². The van der Waals surface area contributed by atoms with Gasteiger partial charge >= 0.3 is 0 Å². The zero-order valence-corrected chi connectivity index (χ0v) is 14.1. The Morgan fingerprint density at radius 1 is 1.57 bits per heavy atom. The molecule has 1 aliphatic heterocycles. The molecular formula is C15H27N5S. The topological polar surface area (TPSA) is 45.5 Å². The lowest BCUT2D eigenvalue weighted by Crippen LogP contribution is -2.48. The van der Waals surface area contributed by atoms with Crippen molar-refractivity contribution in [1.82, 2.24) is 20.0 Å². The first-order valence-electron chi connectivity index (χ1n) is 7.77. The molecule has 1 saturated heterocycles. The van der Waals surface area contributed by atoms with Gasteiger partial charge in [-0.2, -0.15) is 16.9 Å². The Labute approximate surface area is 132 Å². The molecule has 5 nitrogen and oxygen atoms in total. The van der Waals surface area contributed by atoms with Crippen molar-refractivity contribution in [2.45, 2.75) is 32.1 Å². The number of aliphatic imine (C=N–C) groups is 1. The standard InChI is InChI=1S/C15H27N5S/c1-4-14-12-19(8-9-21-14)15(16-3)17-10-13(2)11-20-7-5-6-18-20/h5-7,13-14H,4,8-12H2,1-3H3,(H,16,17). The van der Waals surface area contributed by atoms with Gasteiger partial charge in [0, 0.05) is 56.6 Å². The summed E-state index contributed by atoms with van der Waals surface area (Å²) in [5.74, 6) is 2.76. The summed E-state index contributed by atoms with van der Waals surface area (Å²) in [7, 11) is 1.88. The first kappa shape index (κ1) is 16.2. The summed E-state index contributed by atoms with van der Waals surface area (Å²) in [5.41, 5.74) is 0. The minimum absolute atomic E-state index is 0.516. The van der Waals surface area contributed by atoms with Crippen molar-refractivity contribution in [3.63, 3.8) is 0 Å². The maximum atomic E-state index is 4.45. The van der Waals surface area contributed by atoms with Gasteiger partial charge in [-0.1, -0.05) is 13.8 Å². The highest BCUT2D eigenvalue weighted by Crippen LogP contribution is 2.20. The van der Waals surface area contributed by atoms with Gasteiger partial charge in [0.1, 0.15) is 0 Å². The summed E-state index contributed by atoms with van der Waals surface area (Å²) in [5, 5.41) is 8.52. The molecule has 2 unspecified atom stereocenters. The van der Waals surface area contributed by atoms with Gasteiger partial charge in [0.15, 0.2) is 5.96 Å². The molecule has 0 bridgehead atoms. The van der Waals surface area contributed by atoms with Crippen molar-refractivity contribution >= 4 is 17.7 Å². The van der Waals surface area contributed by atoms with Crippen LogP contribution in [0, 0.1) is 5.92 Å². The number of hydrogen-bond acceptors (Lipinski definition) is 3. The molecule has 0 spiro atoms. The molecule has 118 valence electrons. The van der Waals surface area contributed by atoms with Gasteiger partial charge in [0.25, 0.3) is 0 Å². The van der Waals surface area contributed by atoms with Gasteiger partial charge in [-0.15, -0.1) is 0 Å². The lowest BCUT2D eigenvalue weighted by Gasteiger charge is -2.34. The van der Waals surface area contributed by atoms with Gasteiger partial charge in [-0.3, -0.25) is 9.67 Å². The minimum Gasteiger partial charge on any atom is -0.356 e. The average molecular weight is 309 g/mol. The van der Waals surface area contributed by atoms with Crippen LogP contribution in [0.15, 0.2) is 23.5 Å². The molecule has 0 aromatic carbocycles. The van der Waals surface area contributed by atoms with Crippen LogP contribution in [-0.4, -0.2) is 58.3 Å². The van der Waals surface area contributed by atoms with Gasteiger partial charge < -0.3 is 10.2 Å². The summed E-state index contributed by atoms with van der Waals surface area (Å²) in [6.45, 7) is 8.56. The van der Waals surface area contributed by atoms with Crippen LogP contribution in [0.3, 0.4) is 0 Å². The van der Waals surface area contributed by atoms with Gasteiger partial charge in [0.05, 0.1) is 0 Å². The van der Waals surface area contributed by atoms with E-state index >= 15 is 0 Å². The molecule has 1 N–H and O–H groups in total. The molecule has 0 amide bonds. The predicted octanol–water partition coefficient (Wildman–Crippen LogP) is 1.92. The largest absolute Gasteiger partial charge is 0.356 e. The predicted molar refractivity (Wildman–Crippen MR) is 90.9 cm³/mol. The van der Waals surface area contributed by atoms with Crippen LogP contribution >= 0.6 is 11.8 Å². The second-order valence-corrected chi connectivity index (χ2v) is 7.02. The summed E-state index contributed by atoms with van der Waals surface area (Å²) < 4.78 is 1.99. The van der Waals surface area contributed by atoms with Crippen molar-refractivity contribution in [1.29, 1.82) is 0 Å². The van der Waals surface area contributed by atoms with E-state index in [1.807, 2.05) is 30.2 Å². The maximum absolute atomic E-state index is 4.45.